The predicted octanol–water partition coefficient (Wildman–Crippen LogP) is 7.43. The highest BCUT2D eigenvalue weighted by molar-refractivity contribution is 5.87. The van der Waals surface area contributed by atoms with Gasteiger partial charge in [0.15, 0.2) is 0 Å². The standard InChI is InChI=1S/C23H44O2/c1-4-7-9-11-13-15-17-19-23(25)21(6-3)20-22(24)18-16-14-12-10-8-5-2/h21H,4-20H2,1-3H3. The molecular formula is C23H44O2. The Kier molecular flexibility index (Phi) is 17.7. The highest BCUT2D eigenvalue weighted by atomic mass is 16.1. The molecule has 25 heavy (non-hydrogen) atoms. The fourth-order valence-electron chi connectivity index (χ4n) is 3.43. The zero-order chi connectivity index (χ0) is 18.8. The number of hydrogen-bond donors (Lipinski definition) is 0. The molecule has 1 unspecified atom stereocenters. The fraction of sp³-hybridized carbons (Fsp3) is 0.913. The molecule has 0 aromatic carbocycles. The Morgan fingerprint density at radius 3 is 1.52 bits per heavy atom. The van der Waals surface area contributed by atoms with Crippen molar-refractivity contribution in [2.45, 2.75) is 130 Å². The normalized spacial score (nSPS) is 12.3. The van der Waals surface area contributed by atoms with E-state index in [0.717, 1.165) is 32.1 Å². The van der Waals surface area contributed by atoms with Gasteiger partial charge in [0.1, 0.15) is 11.6 Å². The molecule has 0 N–H and O–H groups in total. The van der Waals surface area contributed by atoms with Gasteiger partial charge in [-0.3, -0.25) is 9.59 Å². The molecule has 0 aliphatic rings. The first-order valence-corrected chi connectivity index (χ1v) is 11.2. The number of ketones is 2. The molecule has 0 radical (unpaired) electrons. The lowest BCUT2D eigenvalue weighted by Gasteiger charge is -2.13. The van der Waals surface area contributed by atoms with E-state index in [1.165, 1.54) is 57.8 Å². The summed E-state index contributed by atoms with van der Waals surface area (Å²) < 4.78 is 0. The lowest BCUT2D eigenvalue weighted by molar-refractivity contribution is -0.128. The summed E-state index contributed by atoms with van der Waals surface area (Å²) in [7, 11) is 0. The summed E-state index contributed by atoms with van der Waals surface area (Å²) in [6.45, 7) is 6.50. The number of hydrogen-bond acceptors (Lipinski definition) is 2. The van der Waals surface area contributed by atoms with Crippen molar-refractivity contribution >= 4 is 11.6 Å². The molecule has 0 rings (SSSR count). The number of carbonyl (C=O) groups excluding carboxylic acids is 2. The predicted molar refractivity (Wildman–Crippen MR) is 109 cm³/mol. The summed E-state index contributed by atoms with van der Waals surface area (Å²) in [5.74, 6) is 0.607. The van der Waals surface area contributed by atoms with Gasteiger partial charge in [0.05, 0.1) is 0 Å². The quantitative estimate of drug-likeness (QED) is 0.226. The van der Waals surface area contributed by atoms with Gasteiger partial charge in [-0.15, -0.1) is 0 Å². The molecule has 0 saturated heterocycles. The molecule has 0 heterocycles. The molecule has 0 bridgehead atoms. The lowest BCUT2D eigenvalue weighted by Crippen LogP contribution is -2.17. The van der Waals surface area contributed by atoms with Crippen molar-refractivity contribution < 1.29 is 9.59 Å². The first-order valence-electron chi connectivity index (χ1n) is 11.2. The SMILES string of the molecule is CCCCCCCCCC(=O)C(CC)CC(=O)CCCCCCCC. The van der Waals surface area contributed by atoms with Crippen LogP contribution in [0.1, 0.15) is 130 Å². The number of carbonyl (C=O) groups is 2. The van der Waals surface area contributed by atoms with Crippen LogP contribution >= 0.6 is 0 Å². The highest BCUT2D eigenvalue weighted by Crippen LogP contribution is 2.18. The molecule has 0 spiro atoms. The molecule has 0 aromatic rings. The van der Waals surface area contributed by atoms with E-state index in [4.69, 9.17) is 0 Å². The molecule has 2 nitrogen and oxygen atoms in total. The van der Waals surface area contributed by atoms with Gasteiger partial charge < -0.3 is 0 Å². The molecule has 1 atom stereocenters. The lowest BCUT2D eigenvalue weighted by atomic mass is 9.90. The van der Waals surface area contributed by atoms with E-state index < -0.39 is 0 Å². The van der Waals surface area contributed by atoms with Gasteiger partial charge in [-0.1, -0.05) is 91.4 Å². The molecule has 0 saturated carbocycles. The summed E-state index contributed by atoms with van der Waals surface area (Å²) >= 11 is 0. The minimum absolute atomic E-state index is 0.0207. The number of unbranched alkanes of at least 4 members (excludes halogenated alkanes) is 11. The summed E-state index contributed by atoms with van der Waals surface area (Å²) in [5.41, 5.74) is 0. The topological polar surface area (TPSA) is 34.1 Å². The maximum Gasteiger partial charge on any atom is 0.136 e. The maximum absolute atomic E-state index is 12.3. The Labute approximate surface area is 157 Å². The van der Waals surface area contributed by atoms with Crippen molar-refractivity contribution in [3.8, 4) is 0 Å². The Morgan fingerprint density at radius 1 is 0.600 bits per heavy atom. The zero-order valence-electron chi connectivity index (χ0n) is 17.4. The van der Waals surface area contributed by atoms with Gasteiger partial charge >= 0.3 is 0 Å². The van der Waals surface area contributed by atoms with Gasteiger partial charge in [-0.05, 0) is 19.3 Å². The summed E-state index contributed by atoms with van der Waals surface area (Å²) in [6, 6.07) is 0. The Balaban J connectivity index is 3.75. The Morgan fingerprint density at radius 2 is 1.04 bits per heavy atom. The van der Waals surface area contributed by atoms with Gasteiger partial charge in [-0.25, -0.2) is 0 Å². The van der Waals surface area contributed by atoms with E-state index in [2.05, 4.69) is 13.8 Å². The van der Waals surface area contributed by atoms with Crippen LogP contribution in [0.4, 0.5) is 0 Å². The zero-order valence-corrected chi connectivity index (χ0v) is 17.4. The molecular weight excluding hydrogens is 308 g/mol. The average molecular weight is 353 g/mol. The molecule has 0 aliphatic heterocycles. The minimum Gasteiger partial charge on any atom is -0.300 e. The highest BCUT2D eigenvalue weighted by Gasteiger charge is 2.19. The van der Waals surface area contributed by atoms with Crippen molar-refractivity contribution in [1.29, 1.82) is 0 Å². The summed E-state index contributed by atoms with van der Waals surface area (Å²) in [4.78, 5) is 24.5. The summed E-state index contributed by atoms with van der Waals surface area (Å²) in [6.07, 6.45) is 18.6. The van der Waals surface area contributed by atoms with Gasteiger partial charge in [0.2, 0.25) is 0 Å². The molecule has 2 heteroatoms. The van der Waals surface area contributed by atoms with E-state index in [0.29, 0.717) is 30.8 Å². The average Bonchev–Trinajstić information content (AvgIpc) is 2.61. The van der Waals surface area contributed by atoms with Crippen molar-refractivity contribution in [3.05, 3.63) is 0 Å². The van der Waals surface area contributed by atoms with Crippen LogP contribution < -0.4 is 0 Å². The third-order valence-electron chi connectivity index (χ3n) is 5.26. The molecule has 0 fully saturated rings. The van der Waals surface area contributed by atoms with Crippen LogP contribution in [0.15, 0.2) is 0 Å². The minimum atomic E-state index is -0.0207. The Hall–Kier alpha value is -0.660. The molecule has 0 aliphatic carbocycles. The van der Waals surface area contributed by atoms with Crippen LogP contribution in [0.5, 0.6) is 0 Å². The van der Waals surface area contributed by atoms with Gasteiger partial charge in [-0.2, -0.15) is 0 Å². The van der Waals surface area contributed by atoms with Crippen LogP contribution in [0, 0.1) is 5.92 Å². The van der Waals surface area contributed by atoms with Crippen LogP contribution in [0.25, 0.3) is 0 Å². The van der Waals surface area contributed by atoms with Crippen LogP contribution in [-0.4, -0.2) is 11.6 Å². The molecule has 148 valence electrons. The number of Topliss-reactive ketones (excluding diaryl/α,β-unsaturated/α-hetero) is 2. The fourth-order valence-corrected chi connectivity index (χ4v) is 3.43. The van der Waals surface area contributed by atoms with E-state index in [-0.39, 0.29) is 5.92 Å². The van der Waals surface area contributed by atoms with E-state index in [1.54, 1.807) is 0 Å². The third kappa shape index (κ3) is 15.3. The second kappa shape index (κ2) is 18.1. The van der Waals surface area contributed by atoms with Crippen molar-refractivity contribution in [1.82, 2.24) is 0 Å². The van der Waals surface area contributed by atoms with E-state index in [1.807, 2.05) is 6.92 Å². The van der Waals surface area contributed by atoms with Crippen LogP contribution in [0.2, 0.25) is 0 Å². The van der Waals surface area contributed by atoms with Crippen molar-refractivity contribution in [2.75, 3.05) is 0 Å². The largest absolute Gasteiger partial charge is 0.300 e. The van der Waals surface area contributed by atoms with E-state index in [9.17, 15) is 9.59 Å². The van der Waals surface area contributed by atoms with Gasteiger partial charge in [0.25, 0.3) is 0 Å². The smallest absolute Gasteiger partial charge is 0.136 e. The summed E-state index contributed by atoms with van der Waals surface area (Å²) in [5, 5.41) is 0. The second-order valence-corrected chi connectivity index (χ2v) is 7.70. The van der Waals surface area contributed by atoms with Crippen molar-refractivity contribution in [2.24, 2.45) is 5.92 Å². The van der Waals surface area contributed by atoms with Crippen LogP contribution in [0.3, 0.4) is 0 Å². The van der Waals surface area contributed by atoms with Gasteiger partial charge in [0, 0.05) is 25.2 Å². The Bertz CT molecular complexity index is 322. The maximum atomic E-state index is 12.3. The van der Waals surface area contributed by atoms with E-state index >= 15 is 0 Å². The first kappa shape index (κ1) is 24.3. The number of rotatable bonds is 19. The molecule has 0 aromatic heterocycles. The monoisotopic (exact) mass is 352 g/mol. The molecule has 0 amide bonds. The van der Waals surface area contributed by atoms with Crippen molar-refractivity contribution in [3.63, 3.8) is 0 Å². The van der Waals surface area contributed by atoms with Crippen LogP contribution in [-0.2, 0) is 9.59 Å². The second-order valence-electron chi connectivity index (χ2n) is 7.70. The third-order valence-corrected chi connectivity index (χ3v) is 5.26. The first-order chi connectivity index (χ1) is 12.2.